The van der Waals surface area contributed by atoms with Crippen molar-refractivity contribution in [1.82, 2.24) is 0 Å². The number of rotatable bonds is 3. The van der Waals surface area contributed by atoms with E-state index in [1.54, 1.807) is 0 Å². The Morgan fingerprint density at radius 2 is 1.27 bits per heavy atom. The van der Waals surface area contributed by atoms with Crippen LogP contribution >= 0.6 is 23.2 Å². The molecule has 0 spiro atoms. The molecule has 0 aliphatic heterocycles. The van der Waals surface area contributed by atoms with Gasteiger partial charge in [0.15, 0.2) is 0 Å². The van der Waals surface area contributed by atoms with E-state index >= 15 is 0 Å². The van der Waals surface area contributed by atoms with E-state index in [1.165, 1.54) is 18.2 Å². The highest BCUT2D eigenvalue weighted by Gasteiger charge is 2.16. The van der Waals surface area contributed by atoms with Crippen LogP contribution in [-0.4, -0.2) is 21.8 Å². The second-order valence-electron chi connectivity index (χ2n) is 4.64. The molecular weight excluding hydrogens is 431 g/mol. The normalized spacial score (nSPS) is 11.4. The topological polar surface area (TPSA) is 189 Å². The van der Waals surface area contributed by atoms with Crippen LogP contribution in [0.15, 0.2) is 46.2 Å². The summed E-state index contributed by atoms with van der Waals surface area (Å²) >= 11 is 11.0. The minimum Gasteiger partial charge on any atom is -0.398 e. The van der Waals surface area contributed by atoms with Crippen LogP contribution in [0, 0.1) is 10.1 Å². The zero-order valence-corrected chi connectivity index (χ0v) is 15.8. The average Bonchev–Trinajstić information content (AvgIpc) is 2.48. The molecule has 6 N–H and O–H groups in total. The number of nitrogens with two attached hydrogens (primary N) is 3. The fourth-order valence-electron chi connectivity index (χ4n) is 1.50. The maximum atomic E-state index is 10.8. The van der Waals surface area contributed by atoms with Gasteiger partial charge < -0.3 is 5.73 Å². The molecule has 0 bridgehead atoms. The van der Waals surface area contributed by atoms with Crippen molar-refractivity contribution in [2.75, 3.05) is 5.73 Å². The molecule has 0 fully saturated rings. The molecule has 10 nitrogen and oxygen atoms in total. The van der Waals surface area contributed by atoms with Gasteiger partial charge in [-0.25, -0.2) is 27.1 Å². The Kier molecular flexibility index (Phi) is 6.93. The first-order valence-corrected chi connectivity index (χ1v) is 10.1. The van der Waals surface area contributed by atoms with Crippen molar-refractivity contribution in [3.63, 3.8) is 0 Å². The molecule has 0 saturated carbocycles. The number of hydrogen-bond acceptors (Lipinski definition) is 7. The molecule has 26 heavy (non-hydrogen) atoms. The zero-order chi connectivity index (χ0) is 20.3. The lowest BCUT2D eigenvalue weighted by molar-refractivity contribution is -0.384. The van der Waals surface area contributed by atoms with Gasteiger partial charge in [0.05, 0.1) is 25.4 Å². The van der Waals surface area contributed by atoms with E-state index in [0.717, 1.165) is 18.2 Å². The Labute approximate surface area is 158 Å². The summed E-state index contributed by atoms with van der Waals surface area (Å²) in [6.45, 7) is 0. The minimum atomic E-state index is -3.87. The molecule has 0 atom stereocenters. The molecule has 2 aromatic rings. The lowest BCUT2D eigenvalue weighted by Gasteiger charge is -2.00. The molecule has 0 aromatic heterocycles. The van der Waals surface area contributed by atoms with E-state index in [4.69, 9.17) is 39.2 Å². The molecule has 0 saturated heterocycles. The van der Waals surface area contributed by atoms with Gasteiger partial charge in [-0.15, -0.1) is 0 Å². The van der Waals surface area contributed by atoms with E-state index in [2.05, 4.69) is 0 Å². The standard InChI is InChI=1S/C6H5ClN2O4S.C6H7ClN2O2S/c7-5-3-4(14(8,12)13)1-2-6(5)9(10)11;7-5-3-4(12(9,10)11)1-2-6(5)8/h1-3H,(H2,8,12,13);1-3H,8H2,(H2,9,10,11). The first kappa shape index (κ1) is 22.1. The zero-order valence-electron chi connectivity index (χ0n) is 12.7. The summed E-state index contributed by atoms with van der Waals surface area (Å²) in [4.78, 5) is 9.31. The summed E-state index contributed by atoms with van der Waals surface area (Å²) in [5.41, 5.74) is 5.33. The van der Waals surface area contributed by atoms with Crippen molar-refractivity contribution < 1.29 is 21.8 Å². The number of sulfonamides is 2. The van der Waals surface area contributed by atoms with Crippen molar-refractivity contribution in [3.05, 3.63) is 56.6 Å². The average molecular weight is 443 g/mol. The van der Waals surface area contributed by atoms with Crippen molar-refractivity contribution in [3.8, 4) is 0 Å². The van der Waals surface area contributed by atoms with Gasteiger partial charge in [0.1, 0.15) is 5.02 Å². The summed E-state index contributed by atoms with van der Waals surface area (Å²) in [5.74, 6) is 0. The maximum absolute atomic E-state index is 10.8. The predicted molar refractivity (Wildman–Crippen MR) is 96.7 cm³/mol. The Balaban J connectivity index is 0.000000263. The second kappa shape index (κ2) is 8.16. The number of benzene rings is 2. The maximum Gasteiger partial charge on any atom is 0.287 e. The highest BCUT2D eigenvalue weighted by Crippen LogP contribution is 2.26. The number of hydrogen-bond donors (Lipinski definition) is 3. The van der Waals surface area contributed by atoms with E-state index in [9.17, 15) is 26.9 Å². The molecule has 142 valence electrons. The van der Waals surface area contributed by atoms with Crippen LogP contribution in [0.2, 0.25) is 10.0 Å². The number of halogens is 2. The second-order valence-corrected chi connectivity index (χ2v) is 8.58. The highest BCUT2D eigenvalue weighted by atomic mass is 35.5. The Morgan fingerprint density at radius 3 is 1.62 bits per heavy atom. The van der Waals surface area contributed by atoms with Gasteiger partial charge in [0, 0.05) is 6.07 Å². The first-order chi connectivity index (χ1) is 11.7. The van der Waals surface area contributed by atoms with Crippen molar-refractivity contribution in [1.29, 1.82) is 0 Å². The van der Waals surface area contributed by atoms with Gasteiger partial charge in [-0.1, -0.05) is 23.2 Å². The summed E-state index contributed by atoms with van der Waals surface area (Å²) in [5, 5.41) is 19.9. The van der Waals surface area contributed by atoms with Gasteiger partial charge in [-0.05, 0) is 30.3 Å². The van der Waals surface area contributed by atoms with Crippen LogP contribution in [-0.2, 0) is 20.0 Å². The largest absolute Gasteiger partial charge is 0.398 e. The number of nitrogens with zero attached hydrogens (tertiary/aromatic N) is 1. The van der Waals surface area contributed by atoms with Crippen LogP contribution in [0.5, 0.6) is 0 Å². The molecule has 0 heterocycles. The quantitative estimate of drug-likeness (QED) is 0.363. The first-order valence-electron chi connectivity index (χ1n) is 6.28. The Hall–Kier alpha value is -1.96. The fourth-order valence-corrected chi connectivity index (χ4v) is 3.14. The Bertz CT molecular complexity index is 1060. The fraction of sp³-hybridized carbons (Fsp3) is 0. The molecule has 0 aliphatic carbocycles. The van der Waals surface area contributed by atoms with E-state index in [-0.39, 0.29) is 25.5 Å². The van der Waals surface area contributed by atoms with Gasteiger partial charge in [-0.3, -0.25) is 10.1 Å². The number of nitrogen functional groups attached to an aromatic ring is 1. The summed E-state index contributed by atoms with van der Waals surface area (Å²) < 4.78 is 43.2. The summed E-state index contributed by atoms with van der Waals surface area (Å²) in [6.07, 6.45) is 0. The molecule has 0 amide bonds. The monoisotopic (exact) mass is 442 g/mol. The van der Waals surface area contributed by atoms with Gasteiger partial charge in [-0.2, -0.15) is 0 Å². The molecule has 0 unspecified atom stereocenters. The minimum absolute atomic E-state index is 0.0401. The molecule has 2 rings (SSSR count). The molecule has 0 aliphatic rings. The molecular formula is C12H12Cl2N4O6S2. The van der Waals surface area contributed by atoms with Crippen LogP contribution in [0.25, 0.3) is 0 Å². The van der Waals surface area contributed by atoms with Crippen LogP contribution < -0.4 is 16.0 Å². The number of nitro benzene ring substituents is 1. The van der Waals surface area contributed by atoms with E-state index in [0.29, 0.717) is 5.69 Å². The lowest BCUT2D eigenvalue weighted by Crippen LogP contribution is -2.12. The van der Waals surface area contributed by atoms with Crippen LogP contribution in [0.1, 0.15) is 0 Å². The van der Waals surface area contributed by atoms with Crippen molar-refractivity contribution >= 4 is 54.6 Å². The molecule has 14 heteroatoms. The SMILES string of the molecule is NS(=O)(=O)c1ccc([N+](=O)[O-])c(Cl)c1.Nc1ccc(S(N)(=O)=O)cc1Cl. The van der Waals surface area contributed by atoms with E-state index < -0.39 is 25.0 Å². The molecule has 2 aromatic carbocycles. The third kappa shape index (κ3) is 6.09. The van der Waals surface area contributed by atoms with Gasteiger partial charge in [0.2, 0.25) is 20.0 Å². The van der Waals surface area contributed by atoms with Crippen LogP contribution in [0.3, 0.4) is 0 Å². The summed E-state index contributed by atoms with van der Waals surface area (Å²) in [6, 6.07) is 6.86. The molecule has 0 radical (unpaired) electrons. The van der Waals surface area contributed by atoms with Gasteiger partial charge in [0.25, 0.3) is 5.69 Å². The predicted octanol–water partition coefficient (Wildman–Crippen LogP) is 1.47. The highest BCUT2D eigenvalue weighted by molar-refractivity contribution is 7.89. The van der Waals surface area contributed by atoms with Crippen LogP contribution in [0.4, 0.5) is 11.4 Å². The van der Waals surface area contributed by atoms with Gasteiger partial charge >= 0.3 is 0 Å². The Morgan fingerprint density at radius 1 is 0.846 bits per heavy atom. The number of nitro groups is 1. The third-order valence-electron chi connectivity index (χ3n) is 2.74. The number of primary sulfonamides is 2. The lowest BCUT2D eigenvalue weighted by atomic mass is 10.3. The van der Waals surface area contributed by atoms with E-state index in [1.807, 2.05) is 0 Å². The van der Waals surface area contributed by atoms with Crippen molar-refractivity contribution in [2.45, 2.75) is 9.79 Å². The smallest absolute Gasteiger partial charge is 0.287 e. The van der Waals surface area contributed by atoms with Crippen molar-refractivity contribution in [2.24, 2.45) is 10.3 Å². The summed E-state index contributed by atoms with van der Waals surface area (Å²) in [7, 11) is -7.56. The number of anilines is 1. The third-order valence-corrected chi connectivity index (χ3v) is 5.20.